The van der Waals surface area contributed by atoms with Gasteiger partial charge in [0.1, 0.15) is 12.1 Å². The number of aromatic nitrogens is 3. The molecule has 1 aliphatic heterocycles. The molecule has 1 aliphatic carbocycles. The highest BCUT2D eigenvalue weighted by molar-refractivity contribution is 5.95. The molecular weight excluding hydrogens is 454 g/mol. The van der Waals surface area contributed by atoms with Gasteiger partial charge in [-0.25, -0.2) is 9.59 Å². The molecule has 0 unspecified atom stereocenters. The molecule has 1 saturated heterocycles. The van der Waals surface area contributed by atoms with Crippen molar-refractivity contribution >= 4 is 23.9 Å². The van der Waals surface area contributed by atoms with Crippen molar-refractivity contribution in [2.45, 2.75) is 24.3 Å². The molecule has 11 nitrogen and oxygen atoms in total. The maximum absolute atomic E-state index is 12.6. The summed E-state index contributed by atoms with van der Waals surface area (Å²) in [5.74, 6) is -2.39. The van der Waals surface area contributed by atoms with Gasteiger partial charge < -0.3 is 19.9 Å². The second-order valence-corrected chi connectivity index (χ2v) is 8.41. The van der Waals surface area contributed by atoms with E-state index in [4.69, 9.17) is 9.47 Å². The van der Waals surface area contributed by atoms with Crippen LogP contribution in [0, 0.1) is 0 Å². The van der Waals surface area contributed by atoms with E-state index in [1.54, 1.807) is 0 Å². The van der Waals surface area contributed by atoms with E-state index in [0.29, 0.717) is 0 Å². The number of hydrogen-bond donors (Lipinski definition) is 4. The summed E-state index contributed by atoms with van der Waals surface area (Å²) >= 11 is 0. The average molecular weight is 477 g/mol. The van der Waals surface area contributed by atoms with Gasteiger partial charge in [-0.05, 0) is 22.3 Å². The van der Waals surface area contributed by atoms with E-state index in [2.05, 4.69) is 25.8 Å². The Kier molecular flexibility index (Phi) is 5.91. The van der Waals surface area contributed by atoms with Crippen LogP contribution in [0.1, 0.15) is 40.5 Å². The number of nitrogens with zero attached hydrogens (tertiary/aromatic N) is 2. The summed E-state index contributed by atoms with van der Waals surface area (Å²) < 4.78 is 10.6. The lowest BCUT2D eigenvalue weighted by molar-refractivity contribution is -0.148. The van der Waals surface area contributed by atoms with Gasteiger partial charge in [0.25, 0.3) is 11.9 Å². The number of aliphatic carboxylic acids is 1. The molecule has 0 saturated carbocycles. The fraction of sp³-hybridized carbons (Fsp3) is 0.292. The normalized spacial score (nSPS) is 16.1. The van der Waals surface area contributed by atoms with E-state index in [1.165, 1.54) is 0 Å². The number of carboxylic acids is 1. The number of ether oxygens (including phenoxy) is 2. The van der Waals surface area contributed by atoms with Gasteiger partial charge in [-0.1, -0.05) is 48.5 Å². The zero-order valence-corrected chi connectivity index (χ0v) is 18.6. The molecule has 2 amide bonds. The first kappa shape index (κ1) is 22.5. The maximum Gasteiger partial charge on any atom is 0.414 e. The Labute approximate surface area is 199 Å². The van der Waals surface area contributed by atoms with E-state index in [0.717, 1.165) is 22.3 Å². The zero-order chi connectivity index (χ0) is 24.4. The number of carboxylic acid groups (broad SMARTS) is 1. The number of carbonyl (C=O) groups is 3. The first-order valence-corrected chi connectivity index (χ1v) is 11.1. The largest absolute Gasteiger partial charge is 0.480 e. The number of carbonyl (C=O) groups excluding carboxylic acids is 2. The van der Waals surface area contributed by atoms with Gasteiger partial charge >= 0.3 is 12.1 Å². The number of fused-ring (bicyclic) bond motifs is 3. The predicted octanol–water partition coefficient (Wildman–Crippen LogP) is 2.53. The lowest BCUT2D eigenvalue weighted by Gasteiger charge is -2.33. The van der Waals surface area contributed by atoms with Crippen molar-refractivity contribution in [2.75, 3.05) is 25.1 Å². The molecule has 0 spiro atoms. The molecule has 2 aliphatic rings. The van der Waals surface area contributed by atoms with Crippen LogP contribution in [0.5, 0.6) is 0 Å². The van der Waals surface area contributed by atoms with Gasteiger partial charge in [0.15, 0.2) is 0 Å². The molecule has 2 heterocycles. The molecule has 0 atom stereocenters. The lowest BCUT2D eigenvalue weighted by atomic mass is 9.90. The summed E-state index contributed by atoms with van der Waals surface area (Å²) in [7, 11) is 0. The number of nitrogens with one attached hydrogen (secondary N) is 3. The van der Waals surface area contributed by atoms with Crippen molar-refractivity contribution in [1.29, 1.82) is 0 Å². The Morgan fingerprint density at radius 3 is 2.31 bits per heavy atom. The molecular formula is C24H23N5O6. The van der Waals surface area contributed by atoms with Crippen LogP contribution in [-0.2, 0) is 14.3 Å². The molecule has 180 valence electrons. The third kappa shape index (κ3) is 4.33. The number of benzene rings is 2. The van der Waals surface area contributed by atoms with E-state index >= 15 is 0 Å². The minimum atomic E-state index is -1.44. The SMILES string of the molecule is O=C(Nc1n[nH]c(C(=O)NC2(C(=O)O)CCOCC2)n1)OCC1c2ccccc2-c2ccccc21. The van der Waals surface area contributed by atoms with Gasteiger partial charge in [-0.2, -0.15) is 4.98 Å². The number of anilines is 1. The van der Waals surface area contributed by atoms with Gasteiger partial charge in [0.2, 0.25) is 5.82 Å². The highest BCUT2D eigenvalue weighted by Gasteiger charge is 2.42. The molecule has 0 radical (unpaired) electrons. The van der Waals surface area contributed by atoms with Crippen LogP contribution in [0.2, 0.25) is 0 Å². The van der Waals surface area contributed by atoms with E-state index in [-0.39, 0.29) is 50.4 Å². The Hall–Kier alpha value is -4.25. The quantitative estimate of drug-likeness (QED) is 0.422. The Morgan fingerprint density at radius 2 is 1.69 bits per heavy atom. The first-order valence-electron chi connectivity index (χ1n) is 11.1. The smallest absolute Gasteiger partial charge is 0.414 e. The van der Waals surface area contributed by atoms with E-state index in [9.17, 15) is 19.5 Å². The van der Waals surface area contributed by atoms with Crippen molar-refractivity contribution in [1.82, 2.24) is 20.5 Å². The second kappa shape index (κ2) is 9.18. The number of H-pyrrole nitrogens is 1. The summed E-state index contributed by atoms with van der Waals surface area (Å²) in [6, 6.07) is 16.0. The van der Waals surface area contributed by atoms with Crippen LogP contribution in [0.4, 0.5) is 10.7 Å². The third-order valence-electron chi connectivity index (χ3n) is 6.37. The fourth-order valence-corrected chi connectivity index (χ4v) is 4.53. The molecule has 0 bridgehead atoms. The number of aromatic amines is 1. The van der Waals surface area contributed by atoms with Crippen molar-refractivity contribution < 1.29 is 29.0 Å². The Balaban J connectivity index is 1.21. The maximum atomic E-state index is 12.6. The van der Waals surface area contributed by atoms with Crippen LogP contribution in [0.25, 0.3) is 11.1 Å². The molecule has 2 aromatic carbocycles. The summed E-state index contributed by atoms with van der Waals surface area (Å²) in [6.07, 6.45) is -0.510. The second-order valence-electron chi connectivity index (χ2n) is 8.41. The first-order chi connectivity index (χ1) is 17.0. The molecule has 35 heavy (non-hydrogen) atoms. The van der Waals surface area contributed by atoms with Gasteiger partial charge in [0.05, 0.1) is 0 Å². The molecule has 11 heteroatoms. The molecule has 1 aromatic heterocycles. The van der Waals surface area contributed by atoms with Gasteiger partial charge in [-0.15, -0.1) is 5.10 Å². The minimum Gasteiger partial charge on any atom is -0.480 e. The monoisotopic (exact) mass is 477 g/mol. The van der Waals surface area contributed by atoms with Crippen LogP contribution in [-0.4, -0.2) is 63.6 Å². The topological polar surface area (TPSA) is 156 Å². The standard InChI is InChI=1S/C24H23N5O6/c30-20(27-24(21(31)32)9-11-34-12-10-24)19-25-22(29-28-19)26-23(33)35-13-18-16-7-3-1-5-14(16)15-6-2-4-8-17(15)18/h1-8,18H,9-13H2,(H,27,30)(H,31,32)(H2,25,26,28,29,33). The third-order valence-corrected chi connectivity index (χ3v) is 6.37. The molecule has 5 rings (SSSR count). The van der Waals surface area contributed by atoms with Crippen LogP contribution in [0.3, 0.4) is 0 Å². The lowest BCUT2D eigenvalue weighted by Crippen LogP contribution is -2.57. The van der Waals surface area contributed by atoms with E-state index in [1.807, 2.05) is 48.5 Å². The Bertz CT molecular complexity index is 1240. The number of hydrogen-bond acceptors (Lipinski definition) is 7. The fourth-order valence-electron chi connectivity index (χ4n) is 4.53. The zero-order valence-electron chi connectivity index (χ0n) is 18.6. The van der Waals surface area contributed by atoms with Crippen LogP contribution in [0.15, 0.2) is 48.5 Å². The van der Waals surface area contributed by atoms with E-state index < -0.39 is 23.5 Å². The highest BCUT2D eigenvalue weighted by atomic mass is 16.5. The average Bonchev–Trinajstić information content (AvgIpc) is 3.46. The van der Waals surface area contributed by atoms with Crippen molar-refractivity contribution in [3.05, 3.63) is 65.5 Å². The van der Waals surface area contributed by atoms with Gasteiger partial charge in [0, 0.05) is 32.0 Å². The summed E-state index contributed by atoms with van der Waals surface area (Å²) in [4.78, 5) is 40.7. The number of rotatable bonds is 6. The summed E-state index contributed by atoms with van der Waals surface area (Å²) in [5, 5.41) is 20.7. The predicted molar refractivity (Wildman–Crippen MR) is 123 cm³/mol. The number of amides is 2. The van der Waals surface area contributed by atoms with Crippen LogP contribution >= 0.6 is 0 Å². The molecule has 3 aromatic rings. The summed E-state index contributed by atoms with van der Waals surface area (Å²) in [6.45, 7) is 0.552. The minimum absolute atomic E-state index is 0.103. The van der Waals surface area contributed by atoms with Crippen molar-refractivity contribution in [3.63, 3.8) is 0 Å². The van der Waals surface area contributed by atoms with Crippen LogP contribution < -0.4 is 10.6 Å². The van der Waals surface area contributed by atoms with Crippen molar-refractivity contribution in [3.8, 4) is 11.1 Å². The summed E-state index contributed by atoms with van der Waals surface area (Å²) in [5.41, 5.74) is 2.95. The molecule has 1 fully saturated rings. The Morgan fingerprint density at radius 1 is 1.06 bits per heavy atom. The van der Waals surface area contributed by atoms with Crippen molar-refractivity contribution in [2.24, 2.45) is 0 Å². The van der Waals surface area contributed by atoms with Gasteiger partial charge in [-0.3, -0.25) is 15.2 Å². The molecule has 4 N–H and O–H groups in total. The highest BCUT2D eigenvalue weighted by Crippen LogP contribution is 2.44.